The summed E-state index contributed by atoms with van der Waals surface area (Å²) in [5.41, 5.74) is 0.978. The summed E-state index contributed by atoms with van der Waals surface area (Å²) in [6.07, 6.45) is 0.873. The molecule has 0 spiro atoms. The minimum Gasteiger partial charge on any atom is -0.453 e. The van der Waals surface area contributed by atoms with Crippen LogP contribution in [0.5, 0.6) is 0 Å². The van der Waals surface area contributed by atoms with Gasteiger partial charge in [0.1, 0.15) is 11.9 Å². The molecule has 36 heavy (non-hydrogen) atoms. The Morgan fingerprint density at radius 1 is 1.33 bits per heavy atom. The van der Waals surface area contributed by atoms with E-state index in [4.69, 9.17) is 0 Å². The first-order valence-electron chi connectivity index (χ1n) is 11.3. The zero-order valence-corrected chi connectivity index (χ0v) is 19.6. The van der Waals surface area contributed by atoms with Crippen LogP contribution in [0.25, 0.3) is 5.65 Å². The number of rotatable bonds is 6. The van der Waals surface area contributed by atoms with Gasteiger partial charge >= 0.3 is 6.09 Å². The van der Waals surface area contributed by atoms with Crippen LogP contribution in [-0.2, 0) is 4.74 Å². The maximum Gasteiger partial charge on any atom is 0.407 e. The molecule has 3 atom stereocenters. The van der Waals surface area contributed by atoms with Crippen molar-refractivity contribution in [1.82, 2.24) is 24.9 Å². The number of ether oxygens (including phenoxy) is 1. The van der Waals surface area contributed by atoms with Gasteiger partial charge in [0.2, 0.25) is 5.95 Å². The predicted molar refractivity (Wildman–Crippen MR) is 126 cm³/mol. The summed E-state index contributed by atoms with van der Waals surface area (Å²) < 4.78 is 21.6. The highest BCUT2D eigenvalue weighted by atomic mass is 19.1. The number of aliphatic hydroxyl groups is 1. The number of halogens is 1. The zero-order valence-electron chi connectivity index (χ0n) is 19.6. The fourth-order valence-electron chi connectivity index (χ4n) is 4.32. The first-order chi connectivity index (χ1) is 17.4. The second-order valence-corrected chi connectivity index (χ2v) is 8.29. The number of alkyl carbamates (subject to hydrolysis) is 1. The molecule has 1 aliphatic rings. The van der Waals surface area contributed by atoms with Crippen molar-refractivity contribution in [3.63, 3.8) is 0 Å². The van der Waals surface area contributed by atoms with Crippen molar-refractivity contribution in [3.8, 4) is 12.1 Å². The molecule has 1 aromatic carbocycles. The number of imidazole rings is 1. The monoisotopic (exact) mass is 493 g/mol. The molecule has 2 aromatic heterocycles. The highest BCUT2D eigenvalue weighted by Gasteiger charge is 2.33. The molecule has 0 aliphatic heterocycles. The lowest BCUT2D eigenvalue weighted by Gasteiger charge is -2.33. The van der Waals surface area contributed by atoms with E-state index in [0.29, 0.717) is 30.9 Å². The first-order valence-corrected chi connectivity index (χ1v) is 11.3. The number of aromatic nitrogens is 4. The van der Waals surface area contributed by atoms with Gasteiger partial charge in [0.25, 0.3) is 0 Å². The summed E-state index contributed by atoms with van der Waals surface area (Å²) >= 11 is 0. The smallest absolute Gasteiger partial charge is 0.407 e. The van der Waals surface area contributed by atoms with Crippen molar-refractivity contribution >= 4 is 29.2 Å². The average Bonchev–Trinajstić information content (AvgIpc) is 3.30. The molecule has 0 radical (unpaired) electrons. The second-order valence-electron chi connectivity index (χ2n) is 8.29. The van der Waals surface area contributed by atoms with Gasteiger partial charge in [-0.15, -0.1) is 5.10 Å². The quantitative estimate of drug-likeness (QED) is 0.399. The van der Waals surface area contributed by atoms with Crippen molar-refractivity contribution in [2.24, 2.45) is 0 Å². The van der Waals surface area contributed by atoms with Crippen LogP contribution in [0.4, 0.5) is 26.6 Å². The van der Waals surface area contributed by atoms with Gasteiger partial charge in [0.15, 0.2) is 17.2 Å². The number of carbonyl (C=O) groups excluding carboxylic acids is 1. The van der Waals surface area contributed by atoms with Crippen molar-refractivity contribution in [1.29, 1.82) is 10.5 Å². The third-order valence-electron chi connectivity index (χ3n) is 6.04. The lowest BCUT2D eigenvalue weighted by molar-refractivity contribution is 0.0759. The molecule has 12 nitrogen and oxygen atoms in total. The van der Waals surface area contributed by atoms with Crippen molar-refractivity contribution in [2.75, 3.05) is 24.3 Å². The van der Waals surface area contributed by atoms with E-state index in [1.54, 1.807) is 0 Å². The average molecular weight is 494 g/mol. The maximum absolute atomic E-state index is 15.7. The van der Waals surface area contributed by atoms with Gasteiger partial charge in [0.05, 0.1) is 42.8 Å². The molecule has 13 heteroatoms. The Hall–Kier alpha value is -4.49. The minimum atomic E-state index is -0.913. The van der Waals surface area contributed by atoms with E-state index >= 15 is 4.39 Å². The van der Waals surface area contributed by atoms with Crippen molar-refractivity contribution in [2.45, 2.75) is 44.2 Å². The Bertz CT molecular complexity index is 1380. The molecule has 0 saturated heterocycles. The van der Waals surface area contributed by atoms with Crippen molar-refractivity contribution in [3.05, 3.63) is 41.0 Å². The molecule has 1 fully saturated rings. The van der Waals surface area contributed by atoms with Crippen LogP contribution in [0.2, 0.25) is 0 Å². The van der Waals surface area contributed by atoms with E-state index in [1.807, 2.05) is 19.1 Å². The summed E-state index contributed by atoms with van der Waals surface area (Å²) in [4.78, 5) is 20.0. The number of nitrogens with one attached hydrogen (secondary N) is 3. The Balaban J connectivity index is 1.66. The largest absolute Gasteiger partial charge is 0.453 e. The minimum absolute atomic E-state index is 0.00101. The summed E-state index contributed by atoms with van der Waals surface area (Å²) in [5.74, 6) is -0.637. The number of amides is 1. The molecule has 1 saturated carbocycles. The van der Waals surface area contributed by atoms with E-state index in [-0.39, 0.29) is 40.8 Å². The summed E-state index contributed by atoms with van der Waals surface area (Å²) in [7, 11) is 1.24. The zero-order chi connectivity index (χ0) is 25.8. The highest BCUT2D eigenvalue weighted by Crippen LogP contribution is 2.37. The fourth-order valence-corrected chi connectivity index (χ4v) is 4.32. The van der Waals surface area contributed by atoms with Crippen LogP contribution in [0.15, 0.2) is 18.3 Å². The number of nitrogens with zero attached hydrogens (tertiary/aromatic N) is 6. The van der Waals surface area contributed by atoms with E-state index in [9.17, 15) is 20.4 Å². The van der Waals surface area contributed by atoms with Gasteiger partial charge in [-0.2, -0.15) is 20.0 Å². The Morgan fingerprint density at radius 3 is 2.81 bits per heavy atom. The first kappa shape index (κ1) is 24.6. The molecule has 3 aromatic rings. The van der Waals surface area contributed by atoms with Crippen LogP contribution < -0.4 is 16.0 Å². The number of fused-ring (bicyclic) bond motifs is 1. The van der Waals surface area contributed by atoms with Gasteiger partial charge in [-0.3, -0.25) is 0 Å². The molecule has 4 N–H and O–H groups in total. The van der Waals surface area contributed by atoms with Gasteiger partial charge in [-0.1, -0.05) is 0 Å². The van der Waals surface area contributed by atoms with Gasteiger partial charge in [-0.25, -0.2) is 14.2 Å². The van der Waals surface area contributed by atoms with Gasteiger partial charge < -0.3 is 25.8 Å². The van der Waals surface area contributed by atoms with Gasteiger partial charge in [-0.05, 0) is 49.8 Å². The standard InChI is InChI=1S/C23H24FN9O3/c1-3-27-20-21-28-11-14(10-26)33(21)32-22(31-20)29-17-7-12(9-25)6-15(19(17)24)13-4-5-16(18(34)8-13)30-23(35)36-2/h6-7,11,13,16,18,34H,3-5,8H2,1-2H3,(H,30,35)(H2,27,29,31,32)/t13?,16-,18-/m1/s1. The molecule has 4 rings (SSSR count). The van der Waals surface area contributed by atoms with Crippen LogP contribution in [0, 0.1) is 28.5 Å². The second kappa shape index (κ2) is 10.4. The van der Waals surface area contributed by atoms with Crippen LogP contribution in [0.1, 0.15) is 48.9 Å². The number of methoxy groups -OCH3 is 1. The SMILES string of the molecule is CCNc1nc(Nc2cc(C#N)cc(C3CC[C@@H](NC(=O)OC)[C@H](O)C3)c2F)nn2c(C#N)cnc12. The fraction of sp³-hybridized carbons (Fsp3) is 0.391. The predicted octanol–water partition coefficient (Wildman–Crippen LogP) is 2.54. The molecular weight excluding hydrogens is 469 g/mol. The lowest BCUT2D eigenvalue weighted by atomic mass is 9.79. The normalized spacial score (nSPS) is 19.2. The highest BCUT2D eigenvalue weighted by molar-refractivity contribution is 5.68. The van der Waals surface area contributed by atoms with E-state index in [0.717, 1.165) is 0 Å². The van der Waals surface area contributed by atoms with Crippen LogP contribution >= 0.6 is 0 Å². The molecule has 1 aliphatic carbocycles. The lowest BCUT2D eigenvalue weighted by Crippen LogP contribution is -2.46. The number of hydrogen-bond donors (Lipinski definition) is 4. The van der Waals surface area contributed by atoms with Crippen LogP contribution in [0.3, 0.4) is 0 Å². The molecular formula is C23H24FN9O3. The molecule has 2 heterocycles. The third kappa shape index (κ3) is 4.82. The van der Waals surface area contributed by atoms with Crippen LogP contribution in [-0.4, -0.2) is 56.6 Å². The third-order valence-corrected chi connectivity index (χ3v) is 6.04. The molecule has 186 valence electrons. The molecule has 1 unspecified atom stereocenters. The van der Waals surface area contributed by atoms with Crippen molar-refractivity contribution < 1.29 is 19.0 Å². The number of anilines is 3. The van der Waals surface area contributed by atoms with Gasteiger partial charge in [0, 0.05) is 6.54 Å². The number of aliphatic hydroxyl groups excluding tert-OH is 1. The topological polar surface area (TPSA) is 173 Å². The molecule has 0 bridgehead atoms. The maximum atomic E-state index is 15.7. The summed E-state index contributed by atoms with van der Waals surface area (Å²) in [5, 5.41) is 42.2. The number of hydrogen-bond acceptors (Lipinski definition) is 10. The Morgan fingerprint density at radius 2 is 2.14 bits per heavy atom. The number of carbonyl (C=O) groups is 1. The summed E-state index contributed by atoms with van der Waals surface area (Å²) in [6.45, 7) is 2.39. The van der Waals surface area contributed by atoms with E-state index in [2.05, 4.69) is 35.8 Å². The molecule has 1 amide bonds. The van der Waals surface area contributed by atoms with E-state index < -0.39 is 24.1 Å². The Kier molecular flexibility index (Phi) is 7.12. The Labute approximate surface area is 205 Å². The number of benzene rings is 1. The van der Waals surface area contributed by atoms with E-state index in [1.165, 1.54) is 30.0 Å². The summed E-state index contributed by atoms with van der Waals surface area (Å²) in [6, 6.07) is 6.33. The number of nitriles is 2.